The third-order valence-corrected chi connectivity index (χ3v) is 2.82. The second kappa shape index (κ2) is 4.36. The fraction of sp³-hybridized carbons (Fsp3) is 0.778. The highest BCUT2D eigenvalue weighted by atomic mass is 16.5. The molecule has 0 aliphatic carbocycles. The van der Waals surface area contributed by atoms with Gasteiger partial charge in [-0.25, -0.2) is 4.79 Å². The molecule has 3 atom stereocenters. The van der Waals surface area contributed by atoms with E-state index in [1.807, 2.05) is 0 Å². The predicted octanol–water partition coefficient (Wildman–Crippen LogP) is -1.60. The zero-order valence-corrected chi connectivity index (χ0v) is 8.63. The Balaban J connectivity index is 1.98. The van der Waals surface area contributed by atoms with Gasteiger partial charge in [0.1, 0.15) is 12.3 Å². The average molecular weight is 230 g/mol. The van der Waals surface area contributed by atoms with Crippen LogP contribution >= 0.6 is 0 Å². The Bertz CT molecular complexity index is 308. The molecule has 16 heavy (non-hydrogen) atoms. The number of hydrogen-bond acceptors (Lipinski definition) is 5. The van der Waals surface area contributed by atoms with Crippen LogP contribution < -0.4 is 5.32 Å². The summed E-state index contributed by atoms with van der Waals surface area (Å²) in [5.41, 5.74) is 0. The number of ether oxygens (including phenoxy) is 1. The number of rotatable bonds is 2. The zero-order chi connectivity index (χ0) is 11.7. The lowest BCUT2D eigenvalue weighted by Gasteiger charge is -2.31. The molecular weight excluding hydrogens is 216 g/mol. The third-order valence-electron chi connectivity index (χ3n) is 2.82. The van der Waals surface area contributed by atoms with Gasteiger partial charge in [0.2, 0.25) is 5.91 Å². The Labute approximate surface area is 92.0 Å². The molecule has 2 heterocycles. The Morgan fingerprint density at radius 3 is 2.81 bits per heavy atom. The minimum atomic E-state index is -0.777. The van der Waals surface area contributed by atoms with E-state index in [-0.39, 0.29) is 31.9 Å². The lowest BCUT2D eigenvalue weighted by atomic mass is 10.2. The van der Waals surface area contributed by atoms with Crippen molar-refractivity contribution < 1.29 is 24.5 Å². The van der Waals surface area contributed by atoms with Crippen molar-refractivity contribution in [3.63, 3.8) is 0 Å². The number of nitrogens with zero attached hydrogens (tertiary/aromatic N) is 1. The Morgan fingerprint density at radius 1 is 1.50 bits per heavy atom. The van der Waals surface area contributed by atoms with Gasteiger partial charge in [-0.15, -0.1) is 0 Å². The molecule has 7 heteroatoms. The quantitative estimate of drug-likeness (QED) is 0.530. The third kappa shape index (κ3) is 2.01. The van der Waals surface area contributed by atoms with Crippen molar-refractivity contribution in [3.05, 3.63) is 0 Å². The molecule has 0 aromatic carbocycles. The number of carbonyl (C=O) groups excluding carboxylic acids is 2. The summed E-state index contributed by atoms with van der Waals surface area (Å²) in [5.74, 6) is -0.307. The first kappa shape index (κ1) is 11.3. The van der Waals surface area contributed by atoms with E-state index in [0.717, 1.165) is 0 Å². The van der Waals surface area contributed by atoms with Crippen LogP contribution in [0, 0.1) is 0 Å². The number of imide groups is 1. The van der Waals surface area contributed by atoms with Gasteiger partial charge >= 0.3 is 6.03 Å². The van der Waals surface area contributed by atoms with E-state index in [1.54, 1.807) is 0 Å². The summed E-state index contributed by atoms with van der Waals surface area (Å²) in [6.07, 6.45) is -1.52. The van der Waals surface area contributed by atoms with E-state index < -0.39 is 24.5 Å². The summed E-state index contributed by atoms with van der Waals surface area (Å²) in [4.78, 5) is 23.8. The van der Waals surface area contributed by atoms with Gasteiger partial charge in [0.25, 0.3) is 0 Å². The molecule has 0 aromatic heterocycles. The number of aliphatic hydroxyl groups excluding tert-OH is 2. The summed E-state index contributed by atoms with van der Waals surface area (Å²) in [6, 6.07) is -0.507. The van der Waals surface area contributed by atoms with E-state index in [9.17, 15) is 14.7 Å². The van der Waals surface area contributed by atoms with Gasteiger partial charge in [-0.05, 0) is 0 Å². The number of hydrogen-bond donors (Lipinski definition) is 3. The molecule has 3 amide bonds. The number of carbonyl (C=O) groups is 2. The summed E-state index contributed by atoms with van der Waals surface area (Å²) in [6.45, 7) is -0.00768. The highest BCUT2D eigenvalue weighted by Gasteiger charge is 2.40. The Kier molecular flexibility index (Phi) is 3.08. The SMILES string of the molecule is O=C1CCN([C@@H]2C[C@@H](O)[C@H](CO)O2)C(=O)N1. The van der Waals surface area contributed by atoms with Gasteiger partial charge in [-0.1, -0.05) is 0 Å². The predicted molar refractivity (Wildman–Crippen MR) is 51.2 cm³/mol. The van der Waals surface area contributed by atoms with E-state index in [2.05, 4.69) is 5.32 Å². The molecule has 2 rings (SSSR count). The molecule has 2 aliphatic rings. The Hall–Kier alpha value is -1.18. The molecule has 0 spiro atoms. The first-order valence-corrected chi connectivity index (χ1v) is 5.16. The van der Waals surface area contributed by atoms with E-state index >= 15 is 0 Å². The maximum atomic E-state index is 11.5. The van der Waals surface area contributed by atoms with Crippen LogP contribution in [0.15, 0.2) is 0 Å². The monoisotopic (exact) mass is 230 g/mol. The minimum absolute atomic E-state index is 0.228. The van der Waals surface area contributed by atoms with Crippen LogP contribution in [0.5, 0.6) is 0 Å². The maximum absolute atomic E-state index is 11.5. The van der Waals surface area contributed by atoms with Crippen molar-refractivity contribution in [1.82, 2.24) is 10.2 Å². The van der Waals surface area contributed by atoms with E-state index in [0.29, 0.717) is 0 Å². The summed E-state index contributed by atoms with van der Waals surface area (Å²) in [7, 11) is 0. The Morgan fingerprint density at radius 2 is 2.25 bits per heavy atom. The molecule has 2 saturated heterocycles. The summed E-state index contributed by atoms with van der Waals surface area (Å²) in [5, 5.41) is 20.6. The maximum Gasteiger partial charge on any atom is 0.326 e. The van der Waals surface area contributed by atoms with Crippen LogP contribution in [0.1, 0.15) is 12.8 Å². The van der Waals surface area contributed by atoms with Crippen molar-refractivity contribution >= 4 is 11.9 Å². The first-order valence-electron chi connectivity index (χ1n) is 5.16. The molecular formula is C9H14N2O5. The molecule has 2 aliphatic heterocycles. The van der Waals surface area contributed by atoms with Crippen molar-refractivity contribution in [2.24, 2.45) is 0 Å². The smallest absolute Gasteiger partial charge is 0.326 e. The summed E-state index contributed by atoms with van der Waals surface area (Å²) >= 11 is 0. The first-order chi connectivity index (χ1) is 7.61. The van der Waals surface area contributed by atoms with E-state index in [1.165, 1.54) is 4.90 Å². The second-order valence-electron chi connectivity index (χ2n) is 3.91. The van der Waals surface area contributed by atoms with Gasteiger partial charge in [-0.2, -0.15) is 0 Å². The lowest BCUT2D eigenvalue weighted by molar-refractivity contribution is -0.123. The number of amides is 3. The molecule has 0 saturated carbocycles. The molecule has 90 valence electrons. The molecule has 3 N–H and O–H groups in total. The van der Waals surface area contributed by atoms with Gasteiger partial charge < -0.3 is 14.9 Å². The van der Waals surface area contributed by atoms with Crippen molar-refractivity contribution in [2.75, 3.05) is 13.2 Å². The van der Waals surface area contributed by atoms with Crippen molar-refractivity contribution in [3.8, 4) is 0 Å². The molecule has 0 unspecified atom stereocenters. The topological polar surface area (TPSA) is 99.1 Å². The highest BCUT2D eigenvalue weighted by Crippen LogP contribution is 2.24. The van der Waals surface area contributed by atoms with Crippen LogP contribution in [0.3, 0.4) is 0 Å². The van der Waals surface area contributed by atoms with Crippen molar-refractivity contribution in [2.45, 2.75) is 31.3 Å². The van der Waals surface area contributed by atoms with Gasteiger partial charge in [0.15, 0.2) is 0 Å². The van der Waals surface area contributed by atoms with E-state index in [4.69, 9.17) is 9.84 Å². The average Bonchev–Trinajstić information content (AvgIpc) is 2.59. The highest BCUT2D eigenvalue weighted by molar-refractivity contribution is 5.96. The van der Waals surface area contributed by atoms with Crippen LogP contribution in [0.4, 0.5) is 4.79 Å². The molecule has 0 bridgehead atoms. The molecule has 7 nitrogen and oxygen atoms in total. The van der Waals surface area contributed by atoms with Crippen LogP contribution in [-0.4, -0.2) is 58.6 Å². The van der Waals surface area contributed by atoms with Crippen LogP contribution in [0.25, 0.3) is 0 Å². The van der Waals surface area contributed by atoms with Crippen LogP contribution in [-0.2, 0) is 9.53 Å². The van der Waals surface area contributed by atoms with Gasteiger partial charge in [-0.3, -0.25) is 15.0 Å². The molecule has 2 fully saturated rings. The fourth-order valence-electron chi connectivity index (χ4n) is 1.92. The standard InChI is InChI=1S/C9H14N2O5/c12-4-6-5(13)3-8(16-6)11-2-1-7(14)10-9(11)15/h5-6,8,12-13H,1-4H2,(H,10,14,15)/t5-,6+,8+/m1/s1. The summed E-state index contributed by atoms with van der Waals surface area (Å²) < 4.78 is 5.32. The lowest BCUT2D eigenvalue weighted by Crippen LogP contribution is -2.53. The number of aliphatic hydroxyl groups is 2. The minimum Gasteiger partial charge on any atom is -0.394 e. The van der Waals surface area contributed by atoms with Crippen molar-refractivity contribution in [1.29, 1.82) is 0 Å². The fourth-order valence-corrected chi connectivity index (χ4v) is 1.92. The largest absolute Gasteiger partial charge is 0.394 e. The molecule has 0 aromatic rings. The number of urea groups is 1. The zero-order valence-electron chi connectivity index (χ0n) is 8.63. The van der Waals surface area contributed by atoms with Gasteiger partial charge in [0.05, 0.1) is 12.7 Å². The second-order valence-corrected chi connectivity index (χ2v) is 3.91. The number of nitrogens with one attached hydrogen (secondary N) is 1. The normalized spacial score (nSPS) is 35.4. The van der Waals surface area contributed by atoms with Gasteiger partial charge in [0, 0.05) is 19.4 Å². The van der Waals surface area contributed by atoms with Crippen LogP contribution in [0.2, 0.25) is 0 Å². The molecule has 0 radical (unpaired) electrons.